The summed E-state index contributed by atoms with van der Waals surface area (Å²) in [5.41, 5.74) is -1.47. The van der Waals surface area contributed by atoms with Gasteiger partial charge in [0.2, 0.25) is 5.60 Å². The van der Waals surface area contributed by atoms with Crippen LogP contribution in [0.2, 0.25) is 0 Å². The van der Waals surface area contributed by atoms with Crippen molar-refractivity contribution in [1.29, 1.82) is 0 Å². The molecule has 3 amide bonds. The Balaban J connectivity index is 2.14. The minimum absolute atomic E-state index is 0.151. The fourth-order valence-electron chi connectivity index (χ4n) is 2.46. The van der Waals surface area contributed by atoms with Crippen LogP contribution in [0.15, 0.2) is 60.7 Å². The number of imide groups is 1. The maximum Gasteiger partial charge on any atom is 0.348 e. The fourth-order valence-corrected chi connectivity index (χ4v) is 2.46. The monoisotopic (exact) mass is 370 g/mol. The van der Waals surface area contributed by atoms with Crippen LogP contribution in [0.1, 0.15) is 25.0 Å². The molecule has 0 aliphatic carbocycles. The molecule has 0 aliphatic rings. The van der Waals surface area contributed by atoms with Crippen molar-refractivity contribution in [1.82, 2.24) is 10.6 Å². The molecule has 0 aromatic heterocycles. The topological polar surface area (TPSA) is 105 Å². The summed E-state index contributed by atoms with van der Waals surface area (Å²) < 4.78 is 5.00. The average molecular weight is 370 g/mol. The van der Waals surface area contributed by atoms with E-state index in [1.165, 1.54) is 0 Å². The van der Waals surface area contributed by atoms with Gasteiger partial charge in [-0.05, 0) is 25.0 Å². The van der Waals surface area contributed by atoms with Gasteiger partial charge in [-0.15, -0.1) is 0 Å². The Morgan fingerprint density at radius 1 is 0.963 bits per heavy atom. The highest BCUT2D eigenvalue weighted by atomic mass is 16.6. The van der Waals surface area contributed by atoms with Crippen LogP contribution in [0.25, 0.3) is 0 Å². The number of nitrogens with one attached hydrogen (secondary N) is 2. The second-order valence-electron chi connectivity index (χ2n) is 6.19. The number of benzene rings is 2. The number of urea groups is 1. The van der Waals surface area contributed by atoms with Crippen LogP contribution in [0.3, 0.4) is 0 Å². The first-order chi connectivity index (χ1) is 12.8. The summed E-state index contributed by atoms with van der Waals surface area (Å²) in [5.74, 6) is -1.82. The number of aliphatic hydroxyl groups is 1. The summed E-state index contributed by atoms with van der Waals surface area (Å²) in [7, 11) is 0. The Morgan fingerprint density at radius 2 is 1.44 bits per heavy atom. The van der Waals surface area contributed by atoms with E-state index in [4.69, 9.17) is 4.74 Å². The van der Waals surface area contributed by atoms with E-state index in [2.05, 4.69) is 5.32 Å². The number of carbonyl (C=O) groups is 3. The van der Waals surface area contributed by atoms with E-state index in [1.807, 2.05) is 5.32 Å². The number of rotatable bonds is 6. The number of amides is 3. The van der Waals surface area contributed by atoms with E-state index in [1.54, 1.807) is 74.5 Å². The quantitative estimate of drug-likeness (QED) is 0.672. The Morgan fingerprint density at radius 3 is 1.89 bits per heavy atom. The molecule has 0 heterocycles. The zero-order valence-corrected chi connectivity index (χ0v) is 15.1. The molecule has 0 aliphatic heterocycles. The molecule has 0 spiro atoms. The van der Waals surface area contributed by atoms with Crippen LogP contribution in [-0.4, -0.2) is 35.7 Å². The van der Waals surface area contributed by atoms with Crippen LogP contribution in [-0.2, 0) is 19.9 Å². The Labute approximate surface area is 157 Å². The van der Waals surface area contributed by atoms with Crippen LogP contribution >= 0.6 is 0 Å². The molecule has 27 heavy (non-hydrogen) atoms. The van der Waals surface area contributed by atoms with Gasteiger partial charge < -0.3 is 15.2 Å². The predicted octanol–water partition coefficient (Wildman–Crippen LogP) is 1.70. The first-order valence-electron chi connectivity index (χ1n) is 8.45. The molecule has 7 nitrogen and oxygen atoms in total. The summed E-state index contributed by atoms with van der Waals surface area (Å²) in [5, 5.41) is 15.7. The summed E-state index contributed by atoms with van der Waals surface area (Å²) >= 11 is 0. The Kier molecular flexibility index (Phi) is 6.67. The highest BCUT2D eigenvalue weighted by molar-refractivity contribution is 5.96. The van der Waals surface area contributed by atoms with E-state index < -0.39 is 30.1 Å². The normalized spacial score (nSPS) is 11.0. The molecule has 0 atom stereocenters. The number of esters is 1. The smallest absolute Gasteiger partial charge is 0.348 e. The van der Waals surface area contributed by atoms with Crippen molar-refractivity contribution in [3.63, 3.8) is 0 Å². The van der Waals surface area contributed by atoms with Crippen molar-refractivity contribution in [3.8, 4) is 0 Å². The third-order valence-electron chi connectivity index (χ3n) is 3.69. The Hall–Kier alpha value is -3.19. The molecule has 0 unspecified atom stereocenters. The van der Waals surface area contributed by atoms with E-state index in [0.29, 0.717) is 11.1 Å². The molecule has 3 N–H and O–H groups in total. The maximum absolute atomic E-state index is 12.7. The summed E-state index contributed by atoms with van der Waals surface area (Å²) in [6.07, 6.45) is 0. The molecule has 2 rings (SSSR count). The van der Waals surface area contributed by atoms with Crippen molar-refractivity contribution >= 4 is 17.9 Å². The fraction of sp³-hybridized carbons (Fsp3) is 0.250. The van der Waals surface area contributed by atoms with Gasteiger partial charge in [-0.2, -0.15) is 0 Å². The van der Waals surface area contributed by atoms with Gasteiger partial charge in [0.1, 0.15) is 0 Å². The number of ether oxygens (including phenoxy) is 1. The lowest BCUT2D eigenvalue weighted by atomic mass is 9.86. The lowest BCUT2D eigenvalue weighted by Crippen LogP contribution is -2.45. The second kappa shape index (κ2) is 8.95. The number of hydrogen-bond acceptors (Lipinski definition) is 5. The summed E-state index contributed by atoms with van der Waals surface area (Å²) in [6, 6.07) is 15.7. The van der Waals surface area contributed by atoms with Gasteiger partial charge in [-0.25, -0.2) is 9.59 Å². The molecule has 0 fully saturated rings. The maximum atomic E-state index is 12.7. The van der Waals surface area contributed by atoms with Gasteiger partial charge in [-0.3, -0.25) is 10.1 Å². The number of hydrogen-bond donors (Lipinski definition) is 3. The van der Waals surface area contributed by atoms with Crippen molar-refractivity contribution in [2.45, 2.75) is 25.5 Å². The number of carbonyl (C=O) groups excluding carboxylic acids is 3. The third-order valence-corrected chi connectivity index (χ3v) is 3.69. The molecule has 2 aromatic rings. The van der Waals surface area contributed by atoms with E-state index >= 15 is 0 Å². The van der Waals surface area contributed by atoms with Crippen LogP contribution in [0.4, 0.5) is 4.79 Å². The minimum atomic E-state index is -2.08. The van der Waals surface area contributed by atoms with Gasteiger partial charge >= 0.3 is 12.0 Å². The molecule has 7 heteroatoms. The van der Waals surface area contributed by atoms with Gasteiger partial charge in [0.15, 0.2) is 6.61 Å². The molecule has 0 bridgehead atoms. The molecular formula is C20H22N2O5. The molecule has 2 aromatic carbocycles. The predicted molar refractivity (Wildman–Crippen MR) is 98.7 cm³/mol. The second-order valence-corrected chi connectivity index (χ2v) is 6.19. The van der Waals surface area contributed by atoms with Gasteiger partial charge in [0.25, 0.3) is 5.91 Å². The molecule has 0 saturated heterocycles. The van der Waals surface area contributed by atoms with Gasteiger partial charge in [-0.1, -0.05) is 60.7 Å². The van der Waals surface area contributed by atoms with Gasteiger partial charge in [0.05, 0.1) is 0 Å². The lowest BCUT2D eigenvalue weighted by molar-refractivity contribution is -0.164. The summed E-state index contributed by atoms with van der Waals surface area (Å²) in [6.45, 7) is 2.78. The highest BCUT2D eigenvalue weighted by Crippen LogP contribution is 2.30. The first kappa shape index (κ1) is 20.1. The van der Waals surface area contributed by atoms with Crippen molar-refractivity contribution in [2.24, 2.45) is 0 Å². The standard InChI is InChI=1S/C20H22N2O5/c1-14(2)21-19(25)22-17(23)13-27-18(24)20(26,15-9-5-3-6-10-15)16-11-7-4-8-12-16/h3-12,14,26H,13H2,1-2H3,(H2,21,22,23,25). The first-order valence-corrected chi connectivity index (χ1v) is 8.45. The molecular weight excluding hydrogens is 348 g/mol. The zero-order chi connectivity index (χ0) is 19.9. The van der Waals surface area contributed by atoms with E-state index in [9.17, 15) is 19.5 Å². The van der Waals surface area contributed by atoms with Crippen LogP contribution in [0, 0.1) is 0 Å². The third kappa shape index (κ3) is 5.15. The van der Waals surface area contributed by atoms with Crippen molar-refractivity contribution < 1.29 is 24.2 Å². The minimum Gasteiger partial charge on any atom is -0.453 e. The lowest BCUT2D eigenvalue weighted by Gasteiger charge is -2.26. The zero-order valence-electron chi connectivity index (χ0n) is 15.1. The molecule has 0 radical (unpaired) electrons. The van der Waals surface area contributed by atoms with E-state index in [-0.39, 0.29) is 6.04 Å². The van der Waals surface area contributed by atoms with Crippen LogP contribution in [0.5, 0.6) is 0 Å². The summed E-state index contributed by atoms with van der Waals surface area (Å²) in [4.78, 5) is 36.0. The van der Waals surface area contributed by atoms with Crippen molar-refractivity contribution in [3.05, 3.63) is 71.8 Å². The molecule has 142 valence electrons. The van der Waals surface area contributed by atoms with Crippen LogP contribution < -0.4 is 10.6 Å². The Bertz CT molecular complexity index is 751. The van der Waals surface area contributed by atoms with E-state index in [0.717, 1.165) is 0 Å². The highest BCUT2D eigenvalue weighted by Gasteiger charge is 2.41. The van der Waals surface area contributed by atoms with Gasteiger partial charge in [0, 0.05) is 6.04 Å². The SMILES string of the molecule is CC(C)NC(=O)NC(=O)COC(=O)C(O)(c1ccccc1)c1ccccc1. The molecule has 0 saturated carbocycles. The van der Waals surface area contributed by atoms with Crippen molar-refractivity contribution in [2.75, 3.05) is 6.61 Å². The average Bonchev–Trinajstić information content (AvgIpc) is 2.66. The largest absolute Gasteiger partial charge is 0.453 e.